The molecule has 0 saturated heterocycles. The van der Waals surface area contributed by atoms with Gasteiger partial charge in [0.1, 0.15) is 12.6 Å². The summed E-state index contributed by atoms with van der Waals surface area (Å²) in [7, 11) is 0. The van der Waals surface area contributed by atoms with Crippen LogP contribution < -0.4 is 5.73 Å². The van der Waals surface area contributed by atoms with Crippen LogP contribution in [0.1, 0.15) is 32.1 Å². The van der Waals surface area contributed by atoms with E-state index in [1.165, 1.54) is 0 Å². The van der Waals surface area contributed by atoms with Crippen LogP contribution in [0, 0.1) is 11.8 Å². The molecule has 0 aliphatic heterocycles. The van der Waals surface area contributed by atoms with Gasteiger partial charge in [-0.15, -0.1) is 0 Å². The molecule has 0 aromatic carbocycles. The maximum absolute atomic E-state index is 10.5. The molecule has 3 nitrogen and oxygen atoms in total. The molecule has 0 aromatic heterocycles. The van der Waals surface area contributed by atoms with Gasteiger partial charge in [-0.25, -0.2) is 0 Å². The Bertz CT molecular complexity index is 174. The number of aldehydes is 2. The average molecular weight is 183 g/mol. The van der Waals surface area contributed by atoms with Gasteiger partial charge in [-0.05, 0) is 31.6 Å². The van der Waals surface area contributed by atoms with Gasteiger partial charge in [-0.3, -0.25) is 0 Å². The van der Waals surface area contributed by atoms with Crippen molar-refractivity contribution in [3.8, 4) is 0 Å². The molecular formula is C10H17NO2. The van der Waals surface area contributed by atoms with Crippen LogP contribution in [-0.2, 0) is 9.59 Å². The standard InChI is InChI=1S/C10H17NO2/c11-10(5-6-12)9-3-1-8(7-13)2-4-9/h6-10H,1-5,11H2. The molecule has 1 unspecified atom stereocenters. The molecular weight excluding hydrogens is 166 g/mol. The minimum Gasteiger partial charge on any atom is -0.327 e. The highest BCUT2D eigenvalue weighted by Gasteiger charge is 2.24. The van der Waals surface area contributed by atoms with E-state index in [1.54, 1.807) is 0 Å². The minimum atomic E-state index is 0.00472. The normalized spacial score (nSPS) is 30.8. The van der Waals surface area contributed by atoms with Gasteiger partial charge in [0.15, 0.2) is 0 Å². The number of carbonyl (C=O) groups is 2. The highest BCUT2D eigenvalue weighted by Crippen LogP contribution is 2.29. The maximum Gasteiger partial charge on any atom is 0.123 e. The Balaban J connectivity index is 2.31. The highest BCUT2D eigenvalue weighted by molar-refractivity contribution is 5.53. The van der Waals surface area contributed by atoms with Crippen LogP contribution >= 0.6 is 0 Å². The van der Waals surface area contributed by atoms with Crippen LogP contribution in [0.4, 0.5) is 0 Å². The van der Waals surface area contributed by atoms with Gasteiger partial charge in [-0.2, -0.15) is 0 Å². The molecule has 1 saturated carbocycles. The van der Waals surface area contributed by atoms with E-state index in [0.29, 0.717) is 12.3 Å². The molecule has 1 atom stereocenters. The molecule has 0 radical (unpaired) electrons. The van der Waals surface area contributed by atoms with Gasteiger partial charge in [0.2, 0.25) is 0 Å². The van der Waals surface area contributed by atoms with Crippen LogP contribution in [0.25, 0.3) is 0 Å². The van der Waals surface area contributed by atoms with Crippen molar-refractivity contribution in [2.75, 3.05) is 0 Å². The van der Waals surface area contributed by atoms with Crippen LogP contribution in [0.15, 0.2) is 0 Å². The van der Waals surface area contributed by atoms with Crippen LogP contribution in [0.5, 0.6) is 0 Å². The van der Waals surface area contributed by atoms with E-state index in [2.05, 4.69) is 0 Å². The first-order valence-electron chi connectivity index (χ1n) is 4.92. The van der Waals surface area contributed by atoms with Gasteiger partial charge in [-0.1, -0.05) is 0 Å². The zero-order valence-corrected chi connectivity index (χ0v) is 7.82. The monoisotopic (exact) mass is 183 g/mol. The highest BCUT2D eigenvalue weighted by atomic mass is 16.1. The molecule has 2 N–H and O–H groups in total. The maximum atomic E-state index is 10.5. The molecule has 1 aliphatic carbocycles. The third-order valence-electron chi connectivity index (χ3n) is 2.98. The van der Waals surface area contributed by atoms with Crippen LogP contribution in [0.2, 0.25) is 0 Å². The fourth-order valence-corrected chi connectivity index (χ4v) is 2.01. The number of hydrogen-bond acceptors (Lipinski definition) is 3. The number of rotatable bonds is 4. The predicted molar refractivity (Wildman–Crippen MR) is 50.2 cm³/mol. The molecule has 1 aliphatic rings. The van der Waals surface area contributed by atoms with Crippen molar-refractivity contribution in [2.24, 2.45) is 17.6 Å². The van der Waals surface area contributed by atoms with E-state index in [1.807, 2.05) is 0 Å². The van der Waals surface area contributed by atoms with Crippen LogP contribution in [-0.4, -0.2) is 18.6 Å². The molecule has 0 heterocycles. The molecule has 0 spiro atoms. The summed E-state index contributed by atoms with van der Waals surface area (Å²) >= 11 is 0. The summed E-state index contributed by atoms with van der Waals surface area (Å²) in [5.41, 5.74) is 5.83. The molecule has 1 fully saturated rings. The molecule has 3 heteroatoms. The minimum absolute atomic E-state index is 0.00472. The van der Waals surface area contributed by atoms with E-state index < -0.39 is 0 Å². The quantitative estimate of drug-likeness (QED) is 0.659. The largest absolute Gasteiger partial charge is 0.327 e. The molecule has 0 amide bonds. The van der Waals surface area contributed by atoms with E-state index in [9.17, 15) is 9.59 Å². The Morgan fingerprint density at radius 2 is 1.85 bits per heavy atom. The predicted octanol–water partition coefficient (Wildman–Crippen LogP) is 0.908. The molecule has 0 aromatic rings. The molecule has 1 rings (SSSR count). The third kappa shape index (κ3) is 2.92. The van der Waals surface area contributed by atoms with Crippen molar-refractivity contribution in [3.05, 3.63) is 0 Å². The Kier molecular flexibility index (Phi) is 4.09. The summed E-state index contributed by atoms with van der Waals surface area (Å²) in [6, 6.07) is 0.00472. The van der Waals surface area contributed by atoms with E-state index in [4.69, 9.17) is 5.73 Å². The number of carbonyl (C=O) groups excluding carboxylic acids is 2. The first kappa shape index (κ1) is 10.4. The average Bonchev–Trinajstić information content (AvgIpc) is 2.18. The van der Waals surface area contributed by atoms with Gasteiger partial charge in [0.25, 0.3) is 0 Å². The summed E-state index contributed by atoms with van der Waals surface area (Å²) in [5.74, 6) is 0.682. The van der Waals surface area contributed by atoms with Gasteiger partial charge in [0, 0.05) is 18.4 Å². The van der Waals surface area contributed by atoms with Gasteiger partial charge < -0.3 is 15.3 Å². The topological polar surface area (TPSA) is 60.2 Å². The lowest BCUT2D eigenvalue weighted by molar-refractivity contribution is -0.112. The lowest BCUT2D eigenvalue weighted by Crippen LogP contribution is -2.33. The van der Waals surface area contributed by atoms with Crippen molar-refractivity contribution in [2.45, 2.75) is 38.1 Å². The number of nitrogens with two attached hydrogens (primary N) is 1. The fraction of sp³-hybridized carbons (Fsp3) is 0.800. The molecule has 74 valence electrons. The third-order valence-corrected chi connectivity index (χ3v) is 2.98. The second kappa shape index (κ2) is 5.12. The lowest BCUT2D eigenvalue weighted by Gasteiger charge is -2.29. The first-order valence-corrected chi connectivity index (χ1v) is 4.92. The Morgan fingerprint density at radius 1 is 1.23 bits per heavy atom. The molecule has 0 bridgehead atoms. The Hall–Kier alpha value is -0.700. The van der Waals surface area contributed by atoms with Crippen molar-refractivity contribution >= 4 is 12.6 Å². The van der Waals surface area contributed by atoms with Crippen molar-refractivity contribution in [1.29, 1.82) is 0 Å². The fourth-order valence-electron chi connectivity index (χ4n) is 2.01. The van der Waals surface area contributed by atoms with E-state index >= 15 is 0 Å². The van der Waals surface area contributed by atoms with Gasteiger partial charge >= 0.3 is 0 Å². The summed E-state index contributed by atoms with van der Waals surface area (Å²) < 4.78 is 0. The van der Waals surface area contributed by atoms with E-state index in [-0.39, 0.29) is 12.0 Å². The first-order chi connectivity index (χ1) is 6.27. The van der Waals surface area contributed by atoms with Gasteiger partial charge in [0.05, 0.1) is 0 Å². The second-order valence-electron chi connectivity index (χ2n) is 3.88. The Morgan fingerprint density at radius 3 is 2.31 bits per heavy atom. The van der Waals surface area contributed by atoms with Crippen molar-refractivity contribution in [1.82, 2.24) is 0 Å². The summed E-state index contributed by atoms with van der Waals surface area (Å²) in [6.45, 7) is 0. The second-order valence-corrected chi connectivity index (χ2v) is 3.88. The number of hydrogen-bond donors (Lipinski definition) is 1. The summed E-state index contributed by atoms with van der Waals surface area (Å²) in [5, 5.41) is 0. The summed E-state index contributed by atoms with van der Waals surface area (Å²) in [6.07, 6.45) is 6.27. The smallest absolute Gasteiger partial charge is 0.123 e. The Labute approximate surface area is 78.7 Å². The van der Waals surface area contributed by atoms with Crippen molar-refractivity contribution in [3.63, 3.8) is 0 Å². The van der Waals surface area contributed by atoms with Crippen molar-refractivity contribution < 1.29 is 9.59 Å². The SMILES string of the molecule is NC(CC=O)C1CCC(C=O)CC1. The van der Waals surface area contributed by atoms with E-state index in [0.717, 1.165) is 38.3 Å². The van der Waals surface area contributed by atoms with Crippen LogP contribution in [0.3, 0.4) is 0 Å². The zero-order chi connectivity index (χ0) is 9.68. The summed E-state index contributed by atoms with van der Waals surface area (Å²) in [4.78, 5) is 20.7. The lowest BCUT2D eigenvalue weighted by atomic mass is 9.78. The molecule has 13 heavy (non-hydrogen) atoms. The zero-order valence-electron chi connectivity index (χ0n) is 7.82.